The molecule has 0 radical (unpaired) electrons. The van der Waals surface area contributed by atoms with Crippen molar-refractivity contribution in [3.63, 3.8) is 0 Å². The Labute approximate surface area is 344 Å². The van der Waals surface area contributed by atoms with Gasteiger partial charge in [-0.15, -0.1) is 0 Å². The second-order valence-electron chi connectivity index (χ2n) is 13.1. The van der Waals surface area contributed by atoms with Crippen molar-refractivity contribution in [3.8, 4) is 0 Å². The van der Waals surface area contributed by atoms with E-state index in [9.17, 15) is 48.3 Å². The van der Waals surface area contributed by atoms with Crippen molar-refractivity contribution >= 4 is 53.2 Å². The lowest BCUT2D eigenvalue weighted by atomic mass is 10.1. The van der Waals surface area contributed by atoms with Gasteiger partial charge >= 0.3 is 5.97 Å². The Morgan fingerprint density at radius 1 is 0.459 bits per heavy atom. The molecule has 4 aromatic heterocycles. The van der Waals surface area contributed by atoms with Crippen molar-refractivity contribution in [2.45, 2.75) is 49.9 Å². The van der Waals surface area contributed by atoms with Gasteiger partial charge in [-0.1, -0.05) is 0 Å². The number of nitrogens with two attached hydrogens (primary N) is 1. The number of aromatic amines is 4. The first-order valence-corrected chi connectivity index (χ1v) is 18.4. The van der Waals surface area contributed by atoms with E-state index in [-0.39, 0.29) is 25.7 Å². The number of nitrogens with one attached hydrogen (secondary N) is 12. The fraction of sp³-hybridized carbons (Fsp3) is 0.382. The van der Waals surface area contributed by atoms with Crippen LogP contribution in [-0.2, 0) is 68.8 Å². The van der Waals surface area contributed by atoms with E-state index in [0.29, 0.717) is 22.8 Å². The van der Waals surface area contributed by atoms with Crippen LogP contribution < -0.4 is 48.3 Å². The molecule has 27 nitrogen and oxygen atoms in total. The highest BCUT2D eigenvalue weighted by molar-refractivity contribution is 5.95. The van der Waals surface area contributed by atoms with Crippen molar-refractivity contribution in [1.82, 2.24) is 82.4 Å². The van der Waals surface area contributed by atoms with Crippen molar-refractivity contribution in [2.75, 3.05) is 32.7 Å². The van der Waals surface area contributed by atoms with Gasteiger partial charge in [0.1, 0.15) is 18.1 Å². The van der Waals surface area contributed by atoms with E-state index in [1.54, 1.807) is 0 Å². The minimum atomic E-state index is -1.31. The summed E-state index contributed by atoms with van der Waals surface area (Å²) in [6, 6.07) is -4.83. The summed E-state index contributed by atoms with van der Waals surface area (Å²) in [6.07, 6.45) is 11.0. The van der Waals surface area contributed by atoms with Gasteiger partial charge in [0, 0.05) is 73.2 Å². The Hall–Kier alpha value is -7.97. The van der Waals surface area contributed by atoms with E-state index in [2.05, 4.69) is 82.4 Å². The molecule has 0 fully saturated rings. The summed E-state index contributed by atoms with van der Waals surface area (Å²) in [6.45, 7) is -2.94. The highest BCUT2D eigenvalue weighted by Gasteiger charge is 2.26. The highest BCUT2D eigenvalue weighted by atomic mass is 16.4. The third kappa shape index (κ3) is 16.4. The molecule has 61 heavy (non-hydrogen) atoms. The summed E-state index contributed by atoms with van der Waals surface area (Å²) in [5.41, 5.74) is 7.80. The second-order valence-corrected chi connectivity index (χ2v) is 13.1. The maximum Gasteiger partial charge on any atom is 0.326 e. The Bertz CT molecular complexity index is 2070. The molecular weight excluding hydrogens is 806 g/mol. The lowest BCUT2D eigenvalue weighted by Gasteiger charge is -2.20. The lowest BCUT2D eigenvalue weighted by molar-refractivity contribution is -0.141. The number of hydrogen-bond acceptors (Lipinski definition) is 14. The topological polar surface area (TPSA) is 411 Å². The summed E-state index contributed by atoms with van der Waals surface area (Å²) in [5, 5.41) is 28.3. The van der Waals surface area contributed by atoms with E-state index >= 15 is 0 Å². The van der Waals surface area contributed by atoms with Gasteiger partial charge in [0.2, 0.25) is 47.3 Å². The SMILES string of the molecule is NC(Cc1cnc[nH]1)C(=O)NCC(=O)NCC(=O)NC(Cc1cnc[nH]1)C(=O)NCC(=O)NC(Cc1cnc[nH]1)C(=O)NCC(=O)NCC(=O)NC(Cc1cnc[nH]1)C(=O)O. The van der Waals surface area contributed by atoms with E-state index in [1.807, 2.05) is 0 Å². The minimum absolute atomic E-state index is 0.0856. The summed E-state index contributed by atoms with van der Waals surface area (Å²) in [5.74, 6) is -7.49. The second kappa shape index (κ2) is 23.4. The number of H-pyrrole nitrogens is 4. The molecule has 0 aliphatic heterocycles. The first kappa shape index (κ1) is 45.7. The van der Waals surface area contributed by atoms with Crippen LogP contribution in [0.3, 0.4) is 0 Å². The van der Waals surface area contributed by atoms with Crippen LogP contribution in [0.4, 0.5) is 0 Å². The molecule has 4 atom stereocenters. The Morgan fingerprint density at radius 2 is 0.770 bits per heavy atom. The average molecular weight is 852 g/mol. The number of carbonyl (C=O) groups is 9. The number of carboxylic acid groups (broad SMARTS) is 1. The Kier molecular flexibility index (Phi) is 17.6. The number of carboxylic acids is 1. The molecule has 4 heterocycles. The molecular formula is C34H45N17O10. The van der Waals surface area contributed by atoms with Gasteiger partial charge in [-0.2, -0.15) is 0 Å². The predicted molar refractivity (Wildman–Crippen MR) is 206 cm³/mol. The summed E-state index contributed by atoms with van der Waals surface area (Å²) >= 11 is 0. The molecule has 0 aromatic carbocycles. The molecule has 4 unspecified atom stereocenters. The molecule has 4 rings (SSSR count). The zero-order valence-corrected chi connectivity index (χ0v) is 32.3. The number of imidazole rings is 4. The number of aliphatic carboxylic acids is 1. The van der Waals surface area contributed by atoms with E-state index < -0.39 is 110 Å². The lowest BCUT2D eigenvalue weighted by Crippen LogP contribution is -2.55. The van der Waals surface area contributed by atoms with Crippen molar-refractivity contribution in [2.24, 2.45) is 5.73 Å². The van der Waals surface area contributed by atoms with Gasteiger partial charge in [0.25, 0.3) is 0 Å². The zero-order valence-electron chi connectivity index (χ0n) is 32.3. The third-order valence-electron chi connectivity index (χ3n) is 8.37. The molecule has 27 heteroatoms. The fourth-order valence-electron chi connectivity index (χ4n) is 5.29. The van der Waals surface area contributed by atoms with Crippen LogP contribution in [0.15, 0.2) is 50.1 Å². The maximum atomic E-state index is 13.2. The van der Waals surface area contributed by atoms with Crippen molar-refractivity contribution in [3.05, 3.63) is 72.9 Å². The van der Waals surface area contributed by atoms with Crippen molar-refractivity contribution < 1.29 is 48.3 Å². The number of amides is 8. The number of aromatic nitrogens is 8. The zero-order chi connectivity index (χ0) is 44.1. The summed E-state index contributed by atoms with van der Waals surface area (Å²) in [4.78, 5) is 140. The van der Waals surface area contributed by atoms with Gasteiger partial charge in [0.05, 0.1) is 64.1 Å². The van der Waals surface area contributed by atoms with Crippen LogP contribution >= 0.6 is 0 Å². The number of carbonyl (C=O) groups excluding carboxylic acids is 8. The average Bonchev–Trinajstić information content (AvgIpc) is 4.09. The van der Waals surface area contributed by atoms with Crippen LogP contribution in [0.5, 0.6) is 0 Å². The quantitative estimate of drug-likeness (QED) is 0.0295. The standard InChI is InChI=1S/C34H45N17O10/c35-22(1-18-5-36-14-45-18)31(57)42-9-26(52)40-11-28(54)49-24(3-20-7-38-16-47-20)33(59)44-13-30(56)50-23(2-19-6-37-15-46-19)32(58)43-10-27(53)41-12-29(55)51-25(34(60)61)4-21-8-39-17-48-21/h5-8,14-17,22-25H,1-4,9-13,35H2,(H,36,45)(H,37,46)(H,38,47)(H,39,48)(H,40,52)(H,41,53)(H,42,57)(H,43,58)(H,44,59)(H,49,54)(H,50,56)(H,51,55)(H,60,61). The number of rotatable bonds is 25. The molecule has 0 saturated heterocycles. The maximum absolute atomic E-state index is 13.2. The van der Waals surface area contributed by atoms with E-state index in [0.717, 1.165) is 0 Å². The molecule has 8 amide bonds. The van der Waals surface area contributed by atoms with Crippen LogP contribution in [0.1, 0.15) is 22.8 Å². The number of hydrogen-bond donors (Lipinski definition) is 14. The Balaban J connectivity index is 1.23. The molecule has 326 valence electrons. The van der Waals surface area contributed by atoms with E-state index in [1.165, 1.54) is 50.1 Å². The van der Waals surface area contributed by atoms with Crippen LogP contribution in [0.25, 0.3) is 0 Å². The van der Waals surface area contributed by atoms with E-state index in [4.69, 9.17) is 5.73 Å². The molecule has 0 spiro atoms. The van der Waals surface area contributed by atoms with Crippen LogP contribution in [-0.4, -0.2) is 155 Å². The molecule has 0 aliphatic carbocycles. The molecule has 4 aromatic rings. The Morgan fingerprint density at radius 3 is 1.13 bits per heavy atom. The first-order chi connectivity index (χ1) is 29.2. The summed E-state index contributed by atoms with van der Waals surface area (Å²) < 4.78 is 0. The first-order valence-electron chi connectivity index (χ1n) is 18.4. The fourth-order valence-corrected chi connectivity index (χ4v) is 5.29. The van der Waals surface area contributed by atoms with Crippen molar-refractivity contribution in [1.29, 1.82) is 0 Å². The van der Waals surface area contributed by atoms with Gasteiger partial charge in [-0.25, -0.2) is 24.7 Å². The van der Waals surface area contributed by atoms with Gasteiger partial charge < -0.3 is 73.3 Å². The molecule has 15 N–H and O–H groups in total. The molecule has 0 bridgehead atoms. The highest BCUT2D eigenvalue weighted by Crippen LogP contribution is 2.02. The van der Waals surface area contributed by atoms with Crippen LogP contribution in [0, 0.1) is 0 Å². The smallest absolute Gasteiger partial charge is 0.326 e. The molecule has 0 saturated carbocycles. The monoisotopic (exact) mass is 851 g/mol. The predicted octanol–water partition coefficient (Wildman–Crippen LogP) is -6.70. The molecule has 0 aliphatic rings. The normalized spacial score (nSPS) is 12.7. The third-order valence-corrected chi connectivity index (χ3v) is 8.37. The van der Waals surface area contributed by atoms with Gasteiger partial charge in [0.15, 0.2) is 0 Å². The largest absolute Gasteiger partial charge is 0.480 e. The van der Waals surface area contributed by atoms with Gasteiger partial charge in [-0.05, 0) is 0 Å². The number of nitrogens with zero attached hydrogens (tertiary/aromatic N) is 4. The summed E-state index contributed by atoms with van der Waals surface area (Å²) in [7, 11) is 0. The minimum Gasteiger partial charge on any atom is -0.480 e. The van der Waals surface area contributed by atoms with Crippen LogP contribution in [0.2, 0.25) is 0 Å². The van der Waals surface area contributed by atoms with Gasteiger partial charge in [-0.3, -0.25) is 38.4 Å².